The summed E-state index contributed by atoms with van der Waals surface area (Å²) < 4.78 is 10.5. The summed E-state index contributed by atoms with van der Waals surface area (Å²) in [4.78, 5) is 20.9. The molecule has 0 aliphatic heterocycles. The summed E-state index contributed by atoms with van der Waals surface area (Å²) in [6.07, 6.45) is 2.50. The van der Waals surface area contributed by atoms with Gasteiger partial charge >= 0.3 is 5.97 Å². The molecule has 198 valence electrons. The Morgan fingerprint density at radius 1 is 0.944 bits per heavy atom. The number of aryl methyl sites for hydroxylation is 1. The lowest BCUT2D eigenvalue weighted by atomic mass is 9.78. The summed E-state index contributed by atoms with van der Waals surface area (Å²) in [6.45, 7) is 13.3. The highest BCUT2D eigenvalue weighted by molar-refractivity contribution is 5.81. The molecule has 6 heteroatoms. The summed E-state index contributed by atoms with van der Waals surface area (Å²) in [5.41, 5.74) is 3.29. The van der Waals surface area contributed by atoms with Crippen LogP contribution < -0.4 is 4.74 Å². The maximum atomic E-state index is 11.1. The normalized spacial score (nSPS) is 12.5. The van der Waals surface area contributed by atoms with E-state index in [1.165, 1.54) is 11.1 Å². The third-order valence-electron chi connectivity index (χ3n) is 6.01. The average Bonchev–Trinajstić information content (AvgIpc) is 2.89. The van der Waals surface area contributed by atoms with Gasteiger partial charge in [0.15, 0.2) is 0 Å². The minimum Gasteiger partial charge on any atom is -0.491 e. The summed E-state index contributed by atoms with van der Waals surface area (Å²) in [6, 6.07) is 16.4. The number of esters is 1. The first kappa shape index (κ1) is 31.1. The van der Waals surface area contributed by atoms with Crippen LogP contribution in [-0.4, -0.2) is 47.4 Å². The van der Waals surface area contributed by atoms with Crippen molar-refractivity contribution in [2.24, 2.45) is 0 Å². The van der Waals surface area contributed by atoms with Gasteiger partial charge in [0.2, 0.25) is 0 Å². The molecule has 2 unspecified atom stereocenters. The Morgan fingerprint density at radius 3 is 1.94 bits per heavy atom. The van der Waals surface area contributed by atoms with Crippen molar-refractivity contribution in [1.29, 1.82) is 0 Å². The molecule has 0 aromatic heterocycles. The SMILES string of the molecule is C=CC(=O)OCC(O)CCc1ccc(C(C)(C)c2ccc(OCC(O)CC)cc2)cc1.CCC(C)=O. The van der Waals surface area contributed by atoms with Gasteiger partial charge in [-0.1, -0.05) is 70.7 Å². The fourth-order valence-electron chi connectivity index (χ4n) is 3.19. The van der Waals surface area contributed by atoms with E-state index in [1.807, 2.05) is 26.0 Å². The Labute approximate surface area is 216 Å². The quantitative estimate of drug-likeness (QED) is 0.292. The van der Waals surface area contributed by atoms with Gasteiger partial charge in [-0.3, -0.25) is 0 Å². The van der Waals surface area contributed by atoms with E-state index in [4.69, 9.17) is 9.47 Å². The van der Waals surface area contributed by atoms with E-state index in [0.29, 0.717) is 32.3 Å². The van der Waals surface area contributed by atoms with E-state index in [9.17, 15) is 19.8 Å². The molecule has 0 saturated heterocycles. The highest BCUT2D eigenvalue weighted by Gasteiger charge is 2.23. The lowest BCUT2D eigenvalue weighted by Gasteiger charge is -2.26. The van der Waals surface area contributed by atoms with Crippen molar-refractivity contribution in [3.8, 4) is 5.75 Å². The minimum atomic E-state index is -0.695. The maximum Gasteiger partial charge on any atom is 0.330 e. The average molecular weight is 499 g/mol. The second-order valence-corrected chi connectivity index (χ2v) is 9.30. The number of hydrogen-bond donors (Lipinski definition) is 2. The van der Waals surface area contributed by atoms with E-state index in [0.717, 1.165) is 17.4 Å². The van der Waals surface area contributed by atoms with Gasteiger partial charge in [-0.25, -0.2) is 4.79 Å². The molecule has 0 heterocycles. The van der Waals surface area contributed by atoms with Crippen molar-refractivity contribution < 1.29 is 29.3 Å². The number of benzene rings is 2. The molecule has 0 saturated carbocycles. The first-order valence-electron chi connectivity index (χ1n) is 12.5. The zero-order valence-electron chi connectivity index (χ0n) is 22.3. The Hall–Kier alpha value is -2.96. The van der Waals surface area contributed by atoms with Gasteiger partial charge in [-0.05, 0) is 55.0 Å². The Bertz CT molecular complexity index is 931. The summed E-state index contributed by atoms with van der Waals surface area (Å²) in [5.74, 6) is 0.480. The second kappa shape index (κ2) is 15.9. The third kappa shape index (κ3) is 11.2. The molecular formula is C30H42O6. The number of ketones is 1. The number of hydrogen-bond acceptors (Lipinski definition) is 6. The van der Waals surface area contributed by atoms with Gasteiger partial charge < -0.3 is 24.5 Å². The van der Waals surface area contributed by atoms with Crippen molar-refractivity contribution in [2.75, 3.05) is 13.2 Å². The van der Waals surface area contributed by atoms with Gasteiger partial charge in [0, 0.05) is 17.9 Å². The van der Waals surface area contributed by atoms with Gasteiger partial charge in [0.05, 0.1) is 12.2 Å². The molecule has 0 spiro atoms. The van der Waals surface area contributed by atoms with E-state index >= 15 is 0 Å². The van der Waals surface area contributed by atoms with Crippen LogP contribution in [0.5, 0.6) is 5.75 Å². The number of carbonyl (C=O) groups excluding carboxylic acids is 2. The topological polar surface area (TPSA) is 93.1 Å². The van der Waals surface area contributed by atoms with Gasteiger partial charge in [-0.2, -0.15) is 0 Å². The molecule has 0 bridgehead atoms. The van der Waals surface area contributed by atoms with Crippen molar-refractivity contribution in [3.63, 3.8) is 0 Å². The highest BCUT2D eigenvalue weighted by atomic mass is 16.5. The minimum absolute atomic E-state index is 0.0208. The van der Waals surface area contributed by atoms with E-state index in [1.54, 1.807) is 6.92 Å². The molecule has 0 fully saturated rings. The van der Waals surface area contributed by atoms with E-state index < -0.39 is 18.2 Å². The highest BCUT2D eigenvalue weighted by Crippen LogP contribution is 2.32. The number of ether oxygens (including phenoxy) is 2. The van der Waals surface area contributed by atoms with Crippen molar-refractivity contribution >= 4 is 11.8 Å². The summed E-state index contributed by atoms with van der Waals surface area (Å²) in [7, 11) is 0. The Kier molecular flexibility index (Phi) is 13.7. The van der Waals surface area contributed by atoms with Crippen LogP contribution in [0.2, 0.25) is 0 Å². The second-order valence-electron chi connectivity index (χ2n) is 9.30. The molecule has 6 nitrogen and oxygen atoms in total. The van der Waals surface area contributed by atoms with Crippen molar-refractivity contribution in [2.45, 2.75) is 77.9 Å². The van der Waals surface area contributed by atoms with Crippen molar-refractivity contribution in [1.82, 2.24) is 0 Å². The molecular weight excluding hydrogens is 456 g/mol. The zero-order valence-corrected chi connectivity index (χ0v) is 22.3. The number of aliphatic hydroxyl groups excluding tert-OH is 2. The van der Waals surface area contributed by atoms with Crippen LogP contribution in [0.4, 0.5) is 0 Å². The zero-order chi connectivity index (χ0) is 27.1. The van der Waals surface area contributed by atoms with Gasteiger partial charge in [-0.15, -0.1) is 0 Å². The first-order chi connectivity index (χ1) is 17.0. The summed E-state index contributed by atoms with van der Waals surface area (Å²) in [5, 5.41) is 19.6. The van der Waals surface area contributed by atoms with Crippen LogP contribution in [-0.2, 0) is 26.2 Å². The number of rotatable bonds is 13. The number of aliphatic hydroxyl groups is 2. The van der Waals surface area contributed by atoms with Crippen LogP contribution in [0.1, 0.15) is 70.6 Å². The van der Waals surface area contributed by atoms with Crippen molar-refractivity contribution in [3.05, 3.63) is 77.9 Å². The molecule has 0 aliphatic carbocycles. The maximum absolute atomic E-state index is 11.1. The van der Waals surface area contributed by atoms with Gasteiger partial charge in [0.25, 0.3) is 0 Å². The lowest BCUT2D eigenvalue weighted by Crippen LogP contribution is -2.19. The Morgan fingerprint density at radius 2 is 1.47 bits per heavy atom. The van der Waals surface area contributed by atoms with Crippen LogP contribution >= 0.6 is 0 Å². The predicted molar refractivity (Wildman–Crippen MR) is 143 cm³/mol. The van der Waals surface area contributed by atoms with Gasteiger partial charge in [0.1, 0.15) is 24.7 Å². The summed E-state index contributed by atoms with van der Waals surface area (Å²) >= 11 is 0. The largest absolute Gasteiger partial charge is 0.491 e. The monoisotopic (exact) mass is 498 g/mol. The molecule has 2 N–H and O–H groups in total. The van der Waals surface area contributed by atoms with E-state index in [2.05, 4.69) is 56.8 Å². The van der Waals surface area contributed by atoms with Crippen LogP contribution in [0, 0.1) is 0 Å². The molecule has 2 atom stereocenters. The van der Waals surface area contributed by atoms with Crippen LogP contribution in [0.25, 0.3) is 0 Å². The fraction of sp³-hybridized carbons (Fsp3) is 0.467. The molecule has 2 aromatic rings. The molecule has 2 aromatic carbocycles. The molecule has 36 heavy (non-hydrogen) atoms. The number of Topliss-reactive ketones (excluding diaryl/α,β-unsaturated/α-hetero) is 1. The molecule has 2 rings (SSSR count). The molecule has 0 aliphatic rings. The lowest BCUT2D eigenvalue weighted by molar-refractivity contribution is -0.140. The predicted octanol–water partition coefficient (Wildman–Crippen LogP) is 5.17. The third-order valence-corrected chi connectivity index (χ3v) is 6.01. The standard InChI is InChI=1S/C26H34O5.C4H8O/c1-5-22(27)17-30-24-15-12-21(13-16-24)26(3,4)20-10-7-19(8-11-20)9-14-23(28)18-31-25(29)6-2;1-3-4(2)5/h6-8,10-13,15-16,22-23,27-28H,2,5,9,14,17-18H2,1,3-4H3;3H2,1-2H3. The van der Waals surface area contributed by atoms with Crippen LogP contribution in [0.3, 0.4) is 0 Å². The number of carbonyl (C=O) groups is 2. The van der Waals surface area contributed by atoms with E-state index in [-0.39, 0.29) is 17.8 Å². The fourth-order valence-corrected chi connectivity index (χ4v) is 3.19. The first-order valence-corrected chi connectivity index (χ1v) is 12.5. The molecule has 0 amide bonds. The Balaban J connectivity index is 0.00000118. The van der Waals surface area contributed by atoms with Crippen LogP contribution in [0.15, 0.2) is 61.2 Å². The molecule has 0 radical (unpaired) electrons. The smallest absolute Gasteiger partial charge is 0.330 e.